The molecule has 2 aliphatic rings. The molecule has 1 atom stereocenters. The summed E-state index contributed by atoms with van der Waals surface area (Å²) >= 11 is 0. The zero-order valence-corrected chi connectivity index (χ0v) is 20.9. The van der Waals surface area contributed by atoms with E-state index in [1.54, 1.807) is 25.3 Å². The molecule has 0 aliphatic carbocycles. The van der Waals surface area contributed by atoms with Gasteiger partial charge in [0.15, 0.2) is 11.6 Å². The predicted molar refractivity (Wildman–Crippen MR) is 139 cm³/mol. The van der Waals surface area contributed by atoms with E-state index in [-0.39, 0.29) is 17.2 Å². The molecular weight excluding hydrogens is 489 g/mol. The summed E-state index contributed by atoms with van der Waals surface area (Å²) in [6.45, 7) is 3.10. The lowest BCUT2D eigenvalue weighted by molar-refractivity contribution is -0.120. The van der Waals surface area contributed by atoms with Crippen LogP contribution in [0.5, 0.6) is 0 Å². The summed E-state index contributed by atoms with van der Waals surface area (Å²) < 4.78 is 19.3. The number of hydrogen-bond acceptors (Lipinski definition) is 7. The Morgan fingerprint density at radius 1 is 1.26 bits per heavy atom. The minimum absolute atomic E-state index is 0.166. The number of aromatic nitrogens is 5. The van der Waals surface area contributed by atoms with Gasteiger partial charge in [0.2, 0.25) is 5.91 Å². The van der Waals surface area contributed by atoms with E-state index in [0.717, 1.165) is 24.5 Å². The molecule has 12 heteroatoms. The van der Waals surface area contributed by atoms with Crippen molar-refractivity contribution in [3.8, 4) is 0 Å². The predicted octanol–water partition coefficient (Wildman–Crippen LogP) is 2.56. The van der Waals surface area contributed by atoms with Gasteiger partial charge < -0.3 is 25.8 Å². The summed E-state index contributed by atoms with van der Waals surface area (Å²) in [7, 11) is 1.52. The fourth-order valence-corrected chi connectivity index (χ4v) is 4.95. The number of carbonyl (C=O) groups excluding carboxylic acids is 2. The third kappa shape index (κ3) is 3.94. The Morgan fingerprint density at radius 2 is 2.11 bits per heavy atom. The summed E-state index contributed by atoms with van der Waals surface area (Å²) in [5.74, 6) is 0.291. The lowest BCUT2D eigenvalue weighted by Gasteiger charge is -2.40. The molecule has 3 aromatic heterocycles. The van der Waals surface area contributed by atoms with Crippen molar-refractivity contribution in [2.24, 2.45) is 0 Å². The third-order valence-corrected chi connectivity index (χ3v) is 7.27. The first-order chi connectivity index (χ1) is 18.2. The van der Waals surface area contributed by atoms with Gasteiger partial charge in [-0.2, -0.15) is 5.10 Å². The van der Waals surface area contributed by atoms with Crippen LogP contribution in [0.1, 0.15) is 35.2 Å². The molecule has 4 aromatic rings. The molecule has 194 valence electrons. The van der Waals surface area contributed by atoms with Gasteiger partial charge >= 0.3 is 0 Å². The van der Waals surface area contributed by atoms with Crippen molar-refractivity contribution in [2.75, 3.05) is 18.1 Å². The second-order valence-electron chi connectivity index (χ2n) is 9.77. The zero-order chi connectivity index (χ0) is 26.6. The van der Waals surface area contributed by atoms with Crippen LogP contribution in [-0.2, 0) is 24.3 Å². The Balaban J connectivity index is 1.29. The Labute approximate surface area is 217 Å². The van der Waals surface area contributed by atoms with Crippen LogP contribution in [0.25, 0.3) is 10.8 Å². The molecule has 0 saturated carbocycles. The average Bonchev–Trinajstić information content (AvgIpc) is 3.46. The van der Waals surface area contributed by atoms with E-state index < -0.39 is 17.4 Å². The maximum absolute atomic E-state index is 15.3. The summed E-state index contributed by atoms with van der Waals surface area (Å²) in [6, 6.07) is 5.12. The fourth-order valence-electron chi connectivity index (χ4n) is 4.95. The van der Waals surface area contributed by atoms with Crippen molar-refractivity contribution in [1.82, 2.24) is 34.5 Å². The van der Waals surface area contributed by atoms with E-state index in [0.29, 0.717) is 35.4 Å². The molecule has 2 amide bonds. The van der Waals surface area contributed by atoms with Crippen LogP contribution >= 0.6 is 0 Å². The first-order valence-corrected chi connectivity index (χ1v) is 12.2. The molecule has 4 N–H and O–H groups in total. The molecular formula is C26H26FN9O2. The second kappa shape index (κ2) is 8.68. The highest BCUT2D eigenvalue weighted by atomic mass is 19.1. The van der Waals surface area contributed by atoms with Gasteiger partial charge in [0.25, 0.3) is 5.91 Å². The van der Waals surface area contributed by atoms with Gasteiger partial charge in [-0.15, -0.1) is 0 Å². The van der Waals surface area contributed by atoms with E-state index in [2.05, 4.69) is 30.3 Å². The number of rotatable bonds is 4. The summed E-state index contributed by atoms with van der Waals surface area (Å²) in [5, 5.41) is 11.6. The monoisotopic (exact) mass is 515 g/mol. The fraction of sp³-hybridized carbons (Fsp3) is 0.269. The van der Waals surface area contributed by atoms with Crippen molar-refractivity contribution in [3.63, 3.8) is 0 Å². The van der Waals surface area contributed by atoms with Crippen LogP contribution in [0.2, 0.25) is 0 Å². The number of imidazole rings is 1. The van der Waals surface area contributed by atoms with Gasteiger partial charge in [-0.05, 0) is 30.5 Å². The smallest absolute Gasteiger partial charge is 0.258 e. The maximum atomic E-state index is 15.3. The quantitative estimate of drug-likeness (QED) is 0.356. The van der Waals surface area contributed by atoms with E-state index in [9.17, 15) is 9.59 Å². The first kappa shape index (κ1) is 23.6. The highest BCUT2D eigenvalue weighted by Gasteiger charge is 2.36. The second-order valence-corrected chi connectivity index (χ2v) is 9.77. The normalized spacial score (nSPS) is 18.4. The van der Waals surface area contributed by atoms with Crippen LogP contribution in [0.3, 0.4) is 0 Å². The number of nitrogens with one attached hydrogen (secondary N) is 2. The molecule has 0 radical (unpaired) electrons. The number of nitrogens with zero attached hydrogens (tertiary/aromatic N) is 6. The SMILES string of the molecule is CN(C(=O)c1cc2cc(Nc3cc4n(n3)Cc3nccn3CC4)ncc2c(N)c1F)C1(C)CC=CC(=O)N1. The molecule has 38 heavy (non-hydrogen) atoms. The Morgan fingerprint density at radius 3 is 2.92 bits per heavy atom. The maximum Gasteiger partial charge on any atom is 0.258 e. The molecule has 0 fully saturated rings. The highest BCUT2D eigenvalue weighted by Crippen LogP contribution is 2.31. The molecule has 11 nitrogen and oxygen atoms in total. The minimum atomic E-state index is -1.000. The van der Waals surface area contributed by atoms with Gasteiger partial charge in [0, 0.05) is 62.2 Å². The van der Waals surface area contributed by atoms with Crippen LogP contribution in [0, 0.1) is 5.82 Å². The molecule has 0 bridgehead atoms. The molecule has 1 aromatic carbocycles. The zero-order valence-electron chi connectivity index (χ0n) is 20.9. The van der Waals surface area contributed by atoms with Crippen LogP contribution in [0.15, 0.2) is 48.9 Å². The number of hydrogen-bond donors (Lipinski definition) is 3. The first-order valence-electron chi connectivity index (χ1n) is 12.2. The molecule has 0 saturated heterocycles. The standard InChI is InChI=1S/C26H26FN9O2/c1-26(6-3-4-22(37)32-26)34(2)25(38)17-10-15-11-19(30-13-18(15)24(28)23(17)27)31-20-12-16-5-8-35-9-7-29-21(35)14-36(16)33-20/h3-4,7,9-13H,5-6,8,14,28H2,1-2H3,(H,32,37)(H,30,31,33). The molecule has 0 spiro atoms. The summed E-state index contributed by atoms with van der Waals surface area (Å²) in [6.07, 6.45) is 9.51. The van der Waals surface area contributed by atoms with Crippen molar-refractivity contribution in [1.29, 1.82) is 0 Å². The van der Waals surface area contributed by atoms with E-state index in [4.69, 9.17) is 5.73 Å². The molecule has 6 rings (SSSR count). The number of nitrogen functional groups attached to an aromatic ring is 1. The highest BCUT2D eigenvalue weighted by molar-refractivity contribution is 6.04. The van der Waals surface area contributed by atoms with E-state index in [1.807, 2.05) is 16.9 Å². The van der Waals surface area contributed by atoms with E-state index in [1.165, 1.54) is 30.3 Å². The van der Waals surface area contributed by atoms with Gasteiger partial charge in [0.1, 0.15) is 17.3 Å². The Hall–Kier alpha value is -4.74. The number of fused-ring (bicyclic) bond motifs is 3. The molecule has 2 aliphatic heterocycles. The number of benzene rings is 1. The van der Waals surface area contributed by atoms with Crippen LogP contribution in [0.4, 0.5) is 21.7 Å². The lowest BCUT2D eigenvalue weighted by Crippen LogP contribution is -2.59. The molecule has 1 unspecified atom stereocenters. The van der Waals surface area contributed by atoms with Gasteiger partial charge in [-0.1, -0.05) is 6.08 Å². The number of amides is 2. The number of aryl methyl sites for hydroxylation is 2. The van der Waals surface area contributed by atoms with Crippen molar-refractivity contribution < 1.29 is 14.0 Å². The van der Waals surface area contributed by atoms with E-state index >= 15 is 4.39 Å². The Kier molecular flexibility index (Phi) is 5.40. The number of pyridine rings is 1. The van der Waals surface area contributed by atoms with Gasteiger partial charge in [0.05, 0.1) is 17.8 Å². The van der Waals surface area contributed by atoms with Crippen LogP contribution < -0.4 is 16.4 Å². The summed E-state index contributed by atoms with van der Waals surface area (Å²) in [5.41, 5.74) is 5.81. The van der Waals surface area contributed by atoms with Crippen molar-refractivity contribution >= 4 is 39.9 Å². The third-order valence-electron chi connectivity index (χ3n) is 7.27. The topological polar surface area (TPSA) is 136 Å². The largest absolute Gasteiger partial charge is 0.396 e. The lowest BCUT2D eigenvalue weighted by atomic mass is 10.00. The Bertz CT molecular complexity index is 1640. The number of nitrogens with two attached hydrogens (primary N) is 1. The van der Waals surface area contributed by atoms with Gasteiger partial charge in [-0.3, -0.25) is 14.3 Å². The summed E-state index contributed by atoms with van der Waals surface area (Å²) in [4.78, 5) is 35.4. The minimum Gasteiger partial charge on any atom is -0.396 e. The van der Waals surface area contributed by atoms with Crippen molar-refractivity contribution in [3.05, 3.63) is 71.8 Å². The number of carbonyl (C=O) groups is 2. The molecule has 5 heterocycles. The van der Waals surface area contributed by atoms with Crippen LogP contribution in [-0.4, -0.2) is 53.7 Å². The van der Waals surface area contributed by atoms with Gasteiger partial charge in [-0.25, -0.2) is 14.4 Å². The number of anilines is 3. The van der Waals surface area contributed by atoms with Crippen molar-refractivity contribution in [2.45, 2.75) is 38.5 Å². The number of halogens is 1. The average molecular weight is 516 g/mol.